The maximum Gasteiger partial charge on any atom is 0.401 e. The first-order valence-corrected chi connectivity index (χ1v) is 9.83. The first-order chi connectivity index (χ1) is 13.3. The van der Waals surface area contributed by atoms with E-state index in [-0.39, 0.29) is 35.4 Å². The Bertz CT molecular complexity index is 695. The summed E-state index contributed by atoms with van der Waals surface area (Å²) in [5.41, 5.74) is 1.17. The summed E-state index contributed by atoms with van der Waals surface area (Å²) in [4.78, 5) is 6.20. The Kier molecular flexibility index (Phi) is 8.45. The van der Waals surface area contributed by atoms with Gasteiger partial charge in [0, 0.05) is 36.7 Å². The lowest BCUT2D eigenvalue weighted by Gasteiger charge is -2.21. The van der Waals surface area contributed by atoms with E-state index in [9.17, 15) is 13.2 Å². The Labute approximate surface area is 187 Å². The summed E-state index contributed by atoms with van der Waals surface area (Å²) < 4.78 is 43.3. The smallest absolute Gasteiger partial charge is 0.401 e. The Morgan fingerprint density at radius 1 is 1.31 bits per heavy atom. The summed E-state index contributed by atoms with van der Waals surface area (Å²) in [6.07, 6.45) is -1.36. The molecule has 0 radical (unpaired) electrons. The third-order valence-corrected chi connectivity index (χ3v) is 5.43. The lowest BCUT2D eigenvalue weighted by molar-refractivity contribution is -0.143. The number of halogens is 4. The number of ether oxygens (including phenoxy) is 1. The number of aliphatic imine (C=N–C) groups is 1. The van der Waals surface area contributed by atoms with E-state index in [0.717, 1.165) is 18.6 Å². The Balaban J connectivity index is 0.00000300. The van der Waals surface area contributed by atoms with Crippen molar-refractivity contribution < 1.29 is 17.9 Å². The normalized spacial score (nSPS) is 21.4. The van der Waals surface area contributed by atoms with Gasteiger partial charge in [0.2, 0.25) is 0 Å². The number of likely N-dealkylation sites (tertiary alicyclic amines) is 1. The second-order valence-electron chi connectivity index (χ2n) is 7.66. The van der Waals surface area contributed by atoms with Crippen LogP contribution in [0, 0.1) is 0 Å². The fourth-order valence-electron chi connectivity index (χ4n) is 3.84. The summed E-state index contributed by atoms with van der Waals surface area (Å²) in [6.45, 7) is 3.28. The first-order valence-electron chi connectivity index (χ1n) is 9.83. The summed E-state index contributed by atoms with van der Waals surface area (Å²) >= 11 is 0. The molecule has 0 amide bonds. The van der Waals surface area contributed by atoms with Crippen molar-refractivity contribution in [1.29, 1.82) is 0 Å². The molecule has 1 heterocycles. The molecule has 5 nitrogen and oxygen atoms in total. The van der Waals surface area contributed by atoms with Gasteiger partial charge in [0.1, 0.15) is 5.75 Å². The molecular weight excluding hydrogens is 496 g/mol. The van der Waals surface area contributed by atoms with E-state index in [4.69, 9.17) is 9.73 Å². The van der Waals surface area contributed by atoms with E-state index in [1.807, 2.05) is 25.1 Å². The molecule has 1 atom stereocenters. The monoisotopic (exact) mass is 526 g/mol. The van der Waals surface area contributed by atoms with E-state index < -0.39 is 12.7 Å². The third-order valence-electron chi connectivity index (χ3n) is 5.43. The lowest BCUT2D eigenvalue weighted by Crippen LogP contribution is -2.45. The van der Waals surface area contributed by atoms with E-state index >= 15 is 0 Å². The molecule has 1 saturated heterocycles. The maximum absolute atomic E-state index is 12.6. The van der Waals surface area contributed by atoms with E-state index in [2.05, 4.69) is 16.7 Å². The van der Waals surface area contributed by atoms with Gasteiger partial charge in [-0.05, 0) is 32.3 Å². The van der Waals surface area contributed by atoms with Crippen molar-refractivity contribution in [2.45, 2.75) is 43.8 Å². The van der Waals surface area contributed by atoms with Crippen LogP contribution in [0.2, 0.25) is 0 Å². The van der Waals surface area contributed by atoms with Gasteiger partial charge in [0.15, 0.2) is 5.96 Å². The molecule has 1 aromatic rings. The van der Waals surface area contributed by atoms with Gasteiger partial charge < -0.3 is 15.4 Å². The second-order valence-corrected chi connectivity index (χ2v) is 7.66. The van der Waals surface area contributed by atoms with Gasteiger partial charge >= 0.3 is 6.18 Å². The van der Waals surface area contributed by atoms with Crippen molar-refractivity contribution in [1.82, 2.24) is 15.5 Å². The number of para-hydroxylation sites is 1. The molecule has 0 aromatic heterocycles. The maximum atomic E-state index is 12.6. The van der Waals surface area contributed by atoms with E-state index in [1.54, 1.807) is 7.11 Å². The highest BCUT2D eigenvalue weighted by Gasteiger charge is 2.46. The molecule has 2 aliphatic rings. The van der Waals surface area contributed by atoms with Crippen LogP contribution in [0.4, 0.5) is 13.2 Å². The van der Waals surface area contributed by atoms with Crippen LogP contribution in [-0.4, -0.2) is 62.9 Å². The fourth-order valence-corrected chi connectivity index (χ4v) is 3.84. The zero-order valence-electron chi connectivity index (χ0n) is 16.9. The molecular formula is C20H30F3IN4O. The molecule has 164 valence electrons. The Morgan fingerprint density at radius 2 is 2.03 bits per heavy atom. The first kappa shape index (κ1) is 24.0. The summed E-state index contributed by atoms with van der Waals surface area (Å²) in [6, 6.07) is 8.00. The van der Waals surface area contributed by atoms with Gasteiger partial charge in [-0.15, -0.1) is 24.0 Å². The highest BCUT2D eigenvalue weighted by Crippen LogP contribution is 2.51. The van der Waals surface area contributed by atoms with Gasteiger partial charge in [-0.3, -0.25) is 9.89 Å². The number of nitrogens with one attached hydrogen (secondary N) is 2. The summed E-state index contributed by atoms with van der Waals surface area (Å²) in [5.74, 6) is 1.55. The Morgan fingerprint density at radius 3 is 2.66 bits per heavy atom. The molecule has 0 bridgehead atoms. The molecule has 0 spiro atoms. The number of methoxy groups -OCH3 is 1. The van der Waals surface area contributed by atoms with Gasteiger partial charge in [0.05, 0.1) is 20.2 Å². The predicted molar refractivity (Wildman–Crippen MR) is 119 cm³/mol. The third kappa shape index (κ3) is 6.63. The zero-order chi connectivity index (χ0) is 20.2. The van der Waals surface area contributed by atoms with Crippen LogP contribution in [-0.2, 0) is 5.41 Å². The minimum Gasteiger partial charge on any atom is -0.496 e. The topological polar surface area (TPSA) is 48.9 Å². The average Bonchev–Trinajstić information content (AvgIpc) is 3.32. The van der Waals surface area contributed by atoms with Crippen molar-refractivity contribution >= 4 is 29.9 Å². The van der Waals surface area contributed by atoms with Crippen LogP contribution in [0.3, 0.4) is 0 Å². The highest BCUT2D eigenvalue weighted by molar-refractivity contribution is 14.0. The summed E-state index contributed by atoms with van der Waals surface area (Å²) in [7, 11) is 1.68. The minimum absolute atomic E-state index is 0. The Hall–Kier alpha value is -1.23. The number of nitrogens with zero attached hydrogens (tertiary/aromatic N) is 2. The highest BCUT2D eigenvalue weighted by atomic mass is 127. The molecule has 3 rings (SSSR count). The molecule has 1 aliphatic carbocycles. The predicted octanol–water partition coefficient (Wildman–Crippen LogP) is 3.54. The minimum atomic E-state index is -4.15. The SMILES string of the molecule is CCNC(=NCC1(c2ccccc2OC)CC1)NC1CCN(CC(F)(F)F)C1.I. The van der Waals surface area contributed by atoms with E-state index in [1.165, 1.54) is 10.5 Å². The number of rotatable bonds is 7. The van der Waals surface area contributed by atoms with Gasteiger partial charge in [-0.25, -0.2) is 0 Å². The number of hydrogen-bond donors (Lipinski definition) is 2. The average molecular weight is 526 g/mol. The molecule has 29 heavy (non-hydrogen) atoms. The van der Waals surface area contributed by atoms with Crippen LogP contribution in [0.15, 0.2) is 29.3 Å². The standard InChI is InChI=1S/C20H29F3N4O.HI/c1-3-24-18(26-15-8-11-27(12-15)14-20(21,22)23)25-13-19(9-10-19)16-6-4-5-7-17(16)28-2;/h4-7,15H,3,8-14H2,1-2H3,(H2,24,25,26);1H. The number of hydrogen-bond acceptors (Lipinski definition) is 3. The number of alkyl halides is 3. The van der Waals surface area contributed by atoms with Crippen molar-refractivity contribution in [2.24, 2.45) is 4.99 Å². The molecule has 9 heteroatoms. The molecule has 2 N–H and O–H groups in total. The summed E-state index contributed by atoms with van der Waals surface area (Å²) in [5, 5.41) is 6.53. The fraction of sp³-hybridized carbons (Fsp3) is 0.650. The van der Waals surface area contributed by atoms with Crippen molar-refractivity contribution in [3.63, 3.8) is 0 Å². The lowest BCUT2D eigenvalue weighted by atomic mass is 9.95. The van der Waals surface area contributed by atoms with Gasteiger partial charge in [0.25, 0.3) is 0 Å². The molecule has 1 aromatic carbocycles. The van der Waals surface area contributed by atoms with Crippen LogP contribution in [0.25, 0.3) is 0 Å². The van der Waals surface area contributed by atoms with Crippen molar-refractivity contribution in [2.75, 3.05) is 39.8 Å². The number of guanidine groups is 1. The number of benzene rings is 1. The molecule has 1 saturated carbocycles. The van der Waals surface area contributed by atoms with Crippen LogP contribution >= 0.6 is 24.0 Å². The molecule has 1 aliphatic heterocycles. The van der Waals surface area contributed by atoms with Crippen LogP contribution < -0.4 is 15.4 Å². The van der Waals surface area contributed by atoms with Crippen LogP contribution in [0.5, 0.6) is 5.75 Å². The van der Waals surface area contributed by atoms with Crippen molar-refractivity contribution in [3.8, 4) is 5.75 Å². The quantitative estimate of drug-likeness (QED) is 0.325. The van der Waals surface area contributed by atoms with Gasteiger partial charge in [-0.1, -0.05) is 18.2 Å². The largest absolute Gasteiger partial charge is 0.496 e. The second kappa shape index (κ2) is 10.2. The molecule has 1 unspecified atom stereocenters. The van der Waals surface area contributed by atoms with Crippen LogP contribution in [0.1, 0.15) is 31.7 Å². The van der Waals surface area contributed by atoms with E-state index in [0.29, 0.717) is 38.6 Å². The molecule has 2 fully saturated rings. The zero-order valence-corrected chi connectivity index (χ0v) is 19.2. The van der Waals surface area contributed by atoms with Gasteiger partial charge in [-0.2, -0.15) is 13.2 Å². The van der Waals surface area contributed by atoms with Crippen molar-refractivity contribution in [3.05, 3.63) is 29.8 Å².